The van der Waals surface area contributed by atoms with E-state index in [0.29, 0.717) is 16.2 Å². The van der Waals surface area contributed by atoms with Crippen molar-refractivity contribution in [3.8, 4) is 0 Å². The van der Waals surface area contributed by atoms with Crippen LogP contribution in [-0.2, 0) is 0 Å². The highest BCUT2D eigenvalue weighted by atomic mass is 15.0. The van der Waals surface area contributed by atoms with Gasteiger partial charge in [0.05, 0.1) is 0 Å². The van der Waals surface area contributed by atoms with Gasteiger partial charge in [0.2, 0.25) is 0 Å². The van der Waals surface area contributed by atoms with Gasteiger partial charge in [-0.1, -0.05) is 41.0 Å². The average Bonchev–Trinajstić information content (AvgIpc) is 2.67. The molecule has 1 heterocycles. The zero-order chi connectivity index (χ0) is 12.0. The second kappa shape index (κ2) is 3.73. The largest absolute Gasteiger partial charge is 0.313 e. The number of rotatable bonds is 1. The summed E-state index contributed by atoms with van der Waals surface area (Å²) in [5.41, 5.74) is 1.38. The van der Waals surface area contributed by atoms with Gasteiger partial charge in [-0.15, -0.1) is 0 Å². The summed E-state index contributed by atoms with van der Waals surface area (Å²) in [5, 5.41) is 3.76. The van der Waals surface area contributed by atoms with Crippen molar-refractivity contribution in [2.45, 2.75) is 72.8 Å². The molecule has 1 saturated carbocycles. The topological polar surface area (TPSA) is 12.0 Å². The fraction of sp³-hybridized carbons (Fsp3) is 1.00. The second-order valence-electron chi connectivity index (χ2n) is 7.43. The van der Waals surface area contributed by atoms with Crippen LogP contribution in [0.5, 0.6) is 0 Å². The fourth-order valence-corrected chi connectivity index (χ4v) is 4.13. The van der Waals surface area contributed by atoms with Crippen LogP contribution >= 0.6 is 0 Å². The van der Waals surface area contributed by atoms with Crippen LogP contribution in [0, 0.1) is 16.2 Å². The third-order valence-electron chi connectivity index (χ3n) is 6.45. The molecule has 0 bridgehead atoms. The van der Waals surface area contributed by atoms with Gasteiger partial charge >= 0.3 is 0 Å². The van der Waals surface area contributed by atoms with Crippen LogP contribution in [0.25, 0.3) is 0 Å². The van der Waals surface area contributed by atoms with Gasteiger partial charge in [0, 0.05) is 6.04 Å². The highest BCUT2D eigenvalue weighted by Gasteiger charge is 2.56. The van der Waals surface area contributed by atoms with Gasteiger partial charge in [-0.05, 0) is 48.5 Å². The molecule has 2 unspecified atom stereocenters. The molecule has 2 rings (SSSR count). The van der Waals surface area contributed by atoms with Crippen LogP contribution in [0.1, 0.15) is 66.7 Å². The van der Waals surface area contributed by atoms with Crippen LogP contribution in [0.15, 0.2) is 0 Å². The predicted octanol–water partition coefficient (Wildman–Crippen LogP) is 3.98. The van der Waals surface area contributed by atoms with Crippen molar-refractivity contribution in [3.63, 3.8) is 0 Å². The Morgan fingerprint density at radius 1 is 0.938 bits per heavy atom. The van der Waals surface area contributed by atoms with Gasteiger partial charge in [-0.2, -0.15) is 0 Å². The molecule has 94 valence electrons. The lowest BCUT2D eigenvalue weighted by Gasteiger charge is -2.60. The summed E-state index contributed by atoms with van der Waals surface area (Å²) >= 11 is 0. The second-order valence-corrected chi connectivity index (χ2v) is 7.43. The molecule has 0 spiro atoms. The number of nitrogens with one attached hydrogen (secondary N) is 1. The number of hydrogen-bond acceptors (Lipinski definition) is 1. The third-order valence-corrected chi connectivity index (χ3v) is 6.45. The van der Waals surface area contributed by atoms with Crippen molar-refractivity contribution in [1.29, 1.82) is 0 Å². The van der Waals surface area contributed by atoms with Crippen LogP contribution < -0.4 is 5.32 Å². The molecule has 1 saturated heterocycles. The lowest BCUT2D eigenvalue weighted by Crippen LogP contribution is -2.57. The summed E-state index contributed by atoms with van der Waals surface area (Å²) in [4.78, 5) is 0. The van der Waals surface area contributed by atoms with Crippen molar-refractivity contribution in [2.24, 2.45) is 16.2 Å². The van der Waals surface area contributed by atoms with Gasteiger partial charge in [0.1, 0.15) is 0 Å². The Labute approximate surface area is 101 Å². The fourth-order valence-electron chi connectivity index (χ4n) is 4.13. The monoisotopic (exact) mass is 223 g/mol. The van der Waals surface area contributed by atoms with Crippen molar-refractivity contribution in [3.05, 3.63) is 0 Å². The molecule has 0 aromatic heterocycles. The highest BCUT2D eigenvalue weighted by molar-refractivity contribution is 5.07. The van der Waals surface area contributed by atoms with Gasteiger partial charge < -0.3 is 5.32 Å². The standard InChI is InChI=1S/C15H29N/c1-13(2)9-7-10-15(5,14(13,3)4)12-8-6-11-16-12/h12,16H,6-11H2,1-5H3. The van der Waals surface area contributed by atoms with Crippen molar-refractivity contribution >= 4 is 0 Å². The van der Waals surface area contributed by atoms with E-state index >= 15 is 0 Å². The van der Waals surface area contributed by atoms with E-state index < -0.39 is 0 Å². The van der Waals surface area contributed by atoms with E-state index in [1.165, 1.54) is 38.6 Å². The lowest BCUT2D eigenvalue weighted by molar-refractivity contribution is -0.0939. The Morgan fingerprint density at radius 3 is 2.19 bits per heavy atom. The van der Waals surface area contributed by atoms with E-state index in [-0.39, 0.29) is 0 Å². The molecule has 0 aromatic carbocycles. The van der Waals surface area contributed by atoms with Crippen molar-refractivity contribution in [1.82, 2.24) is 5.32 Å². The van der Waals surface area contributed by atoms with Crippen molar-refractivity contribution in [2.75, 3.05) is 6.54 Å². The molecular weight excluding hydrogens is 194 g/mol. The summed E-state index contributed by atoms with van der Waals surface area (Å²) < 4.78 is 0. The molecule has 2 fully saturated rings. The predicted molar refractivity (Wildman–Crippen MR) is 70.5 cm³/mol. The van der Waals surface area contributed by atoms with Gasteiger partial charge in [-0.3, -0.25) is 0 Å². The first-order valence-corrected chi connectivity index (χ1v) is 7.05. The Balaban J connectivity index is 2.30. The van der Waals surface area contributed by atoms with Crippen LogP contribution in [-0.4, -0.2) is 12.6 Å². The first-order chi connectivity index (χ1) is 7.31. The smallest absolute Gasteiger partial charge is 0.0127 e. The Morgan fingerprint density at radius 2 is 1.62 bits per heavy atom. The lowest BCUT2D eigenvalue weighted by atomic mass is 9.46. The zero-order valence-corrected chi connectivity index (χ0v) is 11.8. The minimum atomic E-state index is 0.431. The Kier molecular flexibility index (Phi) is 2.89. The maximum Gasteiger partial charge on any atom is 0.0127 e. The molecule has 2 atom stereocenters. The molecule has 1 heteroatoms. The third kappa shape index (κ3) is 1.54. The SMILES string of the molecule is CC1(C)CCCC(C)(C2CCCN2)C1(C)C. The van der Waals surface area contributed by atoms with E-state index in [0.717, 1.165) is 6.04 Å². The maximum absolute atomic E-state index is 3.76. The quantitative estimate of drug-likeness (QED) is 0.709. The molecule has 1 N–H and O–H groups in total. The van der Waals surface area contributed by atoms with Gasteiger partial charge in [0.15, 0.2) is 0 Å². The minimum Gasteiger partial charge on any atom is -0.313 e. The normalized spacial score (nSPS) is 42.2. The molecule has 0 aromatic rings. The van der Waals surface area contributed by atoms with Crippen LogP contribution in [0.3, 0.4) is 0 Å². The molecule has 2 aliphatic rings. The van der Waals surface area contributed by atoms with Gasteiger partial charge in [0.25, 0.3) is 0 Å². The first kappa shape index (κ1) is 12.4. The average molecular weight is 223 g/mol. The van der Waals surface area contributed by atoms with Crippen LogP contribution in [0.2, 0.25) is 0 Å². The first-order valence-electron chi connectivity index (χ1n) is 7.05. The molecule has 0 radical (unpaired) electrons. The molecule has 1 aliphatic carbocycles. The molecule has 16 heavy (non-hydrogen) atoms. The zero-order valence-electron chi connectivity index (χ0n) is 11.8. The van der Waals surface area contributed by atoms with Crippen molar-refractivity contribution < 1.29 is 0 Å². The van der Waals surface area contributed by atoms with E-state index in [4.69, 9.17) is 0 Å². The summed E-state index contributed by atoms with van der Waals surface area (Å²) in [6.07, 6.45) is 6.96. The molecular formula is C15H29N. The molecule has 1 nitrogen and oxygen atoms in total. The minimum absolute atomic E-state index is 0.431. The maximum atomic E-state index is 3.76. The Bertz CT molecular complexity index is 261. The van der Waals surface area contributed by atoms with E-state index in [1.807, 2.05) is 0 Å². The van der Waals surface area contributed by atoms with E-state index in [9.17, 15) is 0 Å². The highest BCUT2D eigenvalue weighted by Crippen LogP contribution is 2.61. The van der Waals surface area contributed by atoms with Crippen LogP contribution in [0.4, 0.5) is 0 Å². The summed E-state index contributed by atoms with van der Waals surface area (Å²) in [5.74, 6) is 0. The molecule has 0 amide bonds. The summed E-state index contributed by atoms with van der Waals surface area (Å²) in [6, 6.07) is 0.752. The van der Waals surface area contributed by atoms with E-state index in [1.54, 1.807) is 0 Å². The van der Waals surface area contributed by atoms with E-state index in [2.05, 4.69) is 39.9 Å². The molecule has 1 aliphatic heterocycles. The summed E-state index contributed by atoms with van der Waals surface area (Å²) in [7, 11) is 0. The Hall–Kier alpha value is -0.0400. The number of hydrogen-bond donors (Lipinski definition) is 1. The van der Waals surface area contributed by atoms with Gasteiger partial charge in [-0.25, -0.2) is 0 Å². The summed E-state index contributed by atoms with van der Waals surface area (Å²) in [6.45, 7) is 13.7.